The van der Waals surface area contributed by atoms with Crippen LogP contribution >= 0.6 is 11.6 Å². The summed E-state index contributed by atoms with van der Waals surface area (Å²) in [4.78, 5) is 25.8. The first-order chi connectivity index (χ1) is 15.0. The van der Waals surface area contributed by atoms with Crippen LogP contribution in [0.2, 0.25) is 5.02 Å². The van der Waals surface area contributed by atoms with Crippen molar-refractivity contribution in [2.24, 2.45) is 0 Å². The Kier molecular flexibility index (Phi) is 6.96. The number of benzene rings is 2. The predicted molar refractivity (Wildman–Crippen MR) is 109 cm³/mol. The molecule has 32 heavy (non-hydrogen) atoms. The van der Waals surface area contributed by atoms with Gasteiger partial charge in [0.05, 0.1) is 22.2 Å². The van der Waals surface area contributed by atoms with Gasteiger partial charge in [-0.05, 0) is 42.8 Å². The number of sulfonamides is 1. The summed E-state index contributed by atoms with van der Waals surface area (Å²) in [7, 11) is -4.18. The highest BCUT2D eigenvalue weighted by Gasteiger charge is 2.34. The molecule has 0 spiro atoms. The lowest BCUT2D eigenvalue weighted by Crippen LogP contribution is -2.45. The Bertz CT molecular complexity index is 1110. The number of halogens is 4. The molecule has 1 fully saturated rings. The number of nitrogens with one attached hydrogen (secondary N) is 2. The quantitative estimate of drug-likeness (QED) is 0.619. The Morgan fingerprint density at radius 1 is 1.16 bits per heavy atom. The lowest BCUT2D eigenvalue weighted by molar-refractivity contribution is -0.274. The Hall–Kier alpha value is -2.83. The number of alkyl halides is 3. The minimum Gasteiger partial charge on any atom is -0.406 e. The average molecular weight is 492 g/mol. The lowest BCUT2D eigenvalue weighted by Gasteiger charge is -2.18. The van der Waals surface area contributed by atoms with E-state index in [1.807, 2.05) is 4.72 Å². The minimum atomic E-state index is -4.91. The van der Waals surface area contributed by atoms with Crippen molar-refractivity contribution in [1.82, 2.24) is 10.0 Å². The second kappa shape index (κ2) is 9.35. The molecule has 2 N–H and O–H groups in total. The first-order valence-electron chi connectivity index (χ1n) is 9.17. The Morgan fingerprint density at radius 2 is 1.81 bits per heavy atom. The van der Waals surface area contributed by atoms with Gasteiger partial charge in [-0.15, -0.1) is 13.2 Å². The number of ether oxygens (including phenoxy) is 1. The molecule has 2 amide bonds. The molecule has 1 unspecified atom stereocenters. The van der Waals surface area contributed by atoms with Gasteiger partial charge in [0, 0.05) is 6.54 Å². The number of nitrogens with zero attached hydrogens (tertiary/aromatic N) is 1. The molecule has 0 saturated carbocycles. The van der Waals surface area contributed by atoms with Crippen LogP contribution in [0.1, 0.15) is 6.42 Å². The average Bonchev–Trinajstić information content (AvgIpc) is 3.06. The number of carbonyl (C=O) groups is 2. The smallest absolute Gasteiger partial charge is 0.406 e. The van der Waals surface area contributed by atoms with E-state index in [0.29, 0.717) is 23.7 Å². The molecular weight excluding hydrogens is 475 g/mol. The molecule has 13 heteroatoms. The van der Waals surface area contributed by atoms with Crippen molar-refractivity contribution < 1.29 is 35.9 Å². The summed E-state index contributed by atoms with van der Waals surface area (Å²) in [5, 5.41) is 2.84. The number of anilines is 1. The van der Waals surface area contributed by atoms with E-state index in [9.17, 15) is 31.2 Å². The summed E-state index contributed by atoms with van der Waals surface area (Å²) < 4.78 is 66.8. The van der Waals surface area contributed by atoms with Crippen LogP contribution in [-0.4, -0.2) is 45.7 Å². The molecule has 0 aliphatic carbocycles. The van der Waals surface area contributed by atoms with E-state index >= 15 is 0 Å². The van der Waals surface area contributed by atoms with Gasteiger partial charge in [-0.2, -0.15) is 0 Å². The molecule has 0 radical (unpaired) electrons. The molecule has 8 nitrogen and oxygen atoms in total. The highest BCUT2D eigenvalue weighted by molar-refractivity contribution is 7.89. The van der Waals surface area contributed by atoms with E-state index in [1.165, 1.54) is 4.90 Å². The lowest BCUT2D eigenvalue weighted by atomic mass is 10.2. The third-order valence-electron chi connectivity index (χ3n) is 4.47. The van der Waals surface area contributed by atoms with Gasteiger partial charge in [0.2, 0.25) is 21.8 Å². The van der Waals surface area contributed by atoms with Crippen molar-refractivity contribution >= 4 is 39.1 Å². The summed E-state index contributed by atoms with van der Waals surface area (Å²) in [5.41, 5.74) is 0.509. The number of hydrogen-bond donors (Lipinski definition) is 2. The number of carbonyl (C=O) groups excluding carboxylic acids is 2. The number of rotatable bonds is 7. The third-order valence-corrected chi connectivity index (χ3v) is 6.21. The Balaban J connectivity index is 1.55. The summed E-state index contributed by atoms with van der Waals surface area (Å²) in [6.07, 6.45) is -4.60. The van der Waals surface area contributed by atoms with E-state index in [4.69, 9.17) is 11.6 Å². The third kappa shape index (κ3) is 5.90. The fraction of sp³-hybridized carbons (Fsp3) is 0.263. The largest absolute Gasteiger partial charge is 0.573 e. The highest BCUT2D eigenvalue weighted by Crippen LogP contribution is 2.29. The van der Waals surface area contributed by atoms with Crippen molar-refractivity contribution in [3.8, 4) is 5.75 Å². The minimum absolute atomic E-state index is 0.309. The molecular formula is C19H17ClF3N3O5S. The summed E-state index contributed by atoms with van der Waals surface area (Å²) in [6, 6.07) is 9.38. The second-order valence-electron chi connectivity index (χ2n) is 6.69. The van der Waals surface area contributed by atoms with Crippen LogP contribution in [-0.2, 0) is 19.6 Å². The molecule has 2 aromatic carbocycles. The highest BCUT2D eigenvalue weighted by atomic mass is 35.5. The van der Waals surface area contributed by atoms with Gasteiger partial charge in [0.25, 0.3) is 0 Å². The topological polar surface area (TPSA) is 105 Å². The standard InChI is InChI=1S/C19H17ClF3N3O5S/c20-14-3-1-2-4-16(14)26-10-9-15(18(26)28)25-17(27)11-24-32(29,30)13-7-5-12(6-8-13)31-19(21,22)23/h1-8,15,24H,9-11H2,(H,25,27). The van der Waals surface area contributed by atoms with Gasteiger partial charge >= 0.3 is 6.36 Å². The van der Waals surface area contributed by atoms with Crippen LogP contribution in [0.5, 0.6) is 5.75 Å². The van der Waals surface area contributed by atoms with Gasteiger partial charge in [-0.3, -0.25) is 9.59 Å². The maximum atomic E-state index is 12.6. The molecule has 1 aliphatic heterocycles. The van der Waals surface area contributed by atoms with E-state index in [-0.39, 0.29) is 10.8 Å². The van der Waals surface area contributed by atoms with Crippen LogP contribution < -0.4 is 19.7 Å². The van der Waals surface area contributed by atoms with Gasteiger partial charge in [0.1, 0.15) is 11.8 Å². The molecule has 3 rings (SSSR count). The van der Waals surface area contributed by atoms with Crippen molar-refractivity contribution in [1.29, 1.82) is 0 Å². The number of hydrogen-bond acceptors (Lipinski definition) is 5. The number of para-hydroxylation sites is 1. The summed E-state index contributed by atoms with van der Waals surface area (Å²) in [5.74, 6) is -1.71. The maximum absolute atomic E-state index is 12.6. The number of amides is 2. The van der Waals surface area contributed by atoms with E-state index < -0.39 is 40.6 Å². The monoisotopic (exact) mass is 491 g/mol. The zero-order valence-corrected chi connectivity index (χ0v) is 17.8. The van der Waals surface area contributed by atoms with Crippen molar-refractivity contribution in [2.75, 3.05) is 18.0 Å². The van der Waals surface area contributed by atoms with Crippen molar-refractivity contribution in [3.05, 3.63) is 53.6 Å². The molecule has 2 aromatic rings. The van der Waals surface area contributed by atoms with Gasteiger partial charge in [-0.1, -0.05) is 23.7 Å². The van der Waals surface area contributed by atoms with Crippen molar-refractivity contribution in [3.63, 3.8) is 0 Å². The molecule has 1 atom stereocenters. The second-order valence-corrected chi connectivity index (χ2v) is 8.87. The summed E-state index contributed by atoms with van der Waals surface area (Å²) in [6.45, 7) is -0.343. The van der Waals surface area contributed by atoms with Crippen LogP contribution in [0.15, 0.2) is 53.4 Å². The fourth-order valence-electron chi connectivity index (χ4n) is 3.03. The Morgan fingerprint density at radius 3 is 2.44 bits per heavy atom. The van der Waals surface area contributed by atoms with E-state index in [2.05, 4.69) is 10.1 Å². The first kappa shape index (κ1) is 23.8. The van der Waals surface area contributed by atoms with Crippen LogP contribution in [0.25, 0.3) is 0 Å². The van der Waals surface area contributed by atoms with Crippen LogP contribution in [0.4, 0.5) is 18.9 Å². The molecule has 1 heterocycles. The van der Waals surface area contributed by atoms with E-state index in [0.717, 1.165) is 24.3 Å². The molecule has 0 aromatic heterocycles. The maximum Gasteiger partial charge on any atom is 0.573 e. The molecule has 1 saturated heterocycles. The van der Waals surface area contributed by atoms with E-state index in [1.54, 1.807) is 24.3 Å². The molecule has 0 bridgehead atoms. The zero-order valence-electron chi connectivity index (χ0n) is 16.2. The van der Waals surface area contributed by atoms with Gasteiger partial charge in [0.15, 0.2) is 0 Å². The predicted octanol–water partition coefficient (Wildman–Crippen LogP) is 2.44. The van der Waals surface area contributed by atoms with Gasteiger partial charge in [-0.25, -0.2) is 13.1 Å². The Labute approximate surface area is 186 Å². The van der Waals surface area contributed by atoms with Crippen LogP contribution in [0.3, 0.4) is 0 Å². The normalized spacial score (nSPS) is 16.8. The van der Waals surface area contributed by atoms with Crippen LogP contribution in [0, 0.1) is 0 Å². The summed E-state index contributed by atoms with van der Waals surface area (Å²) >= 11 is 6.10. The molecule has 1 aliphatic rings. The SMILES string of the molecule is O=C(CNS(=O)(=O)c1ccc(OC(F)(F)F)cc1)NC1CCN(c2ccccc2Cl)C1=O. The fourth-order valence-corrected chi connectivity index (χ4v) is 4.25. The van der Waals surface area contributed by atoms with Gasteiger partial charge < -0.3 is 15.0 Å². The van der Waals surface area contributed by atoms with Crippen molar-refractivity contribution in [2.45, 2.75) is 23.7 Å². The zero-order chi connectivity index (χ0) is 23.5. The first-order valence-corrected chi connectivity index (χ1v) is 11.0. The molecule has 172 valence electrons.